The number of anilines is 1. The van der Waals surface area contributed by atoms with Gasteiger partial charge in [0, 0.05) is 44.3 Å². The molecule has 9 heteroatoms. The SMILES string of the molecule is CCN(CC(=O)N1CCCN(c2ccc(-c3ccc(F)cc3)nn2)CC1)C(=O)NC(C)C. The number of nitrogens with zero attached hydrogens (tertiary/aromatic N) is 5. The Morgan fingerprint density at radius 2 is 1.81 bits per heavy atom. The van der Waals surface area contributed by atoms with E-state index in [1.807, 2.05) is 37.8 Å². The Balaban J connectivity index is 1.58. The number of rotatable bonds is 6. The molecule has 3 rings (SSSR count). The van der Waals surface area contributed by atoms with E-state index in [0.717, 1.165) is 24.3 Å². The Labute approximate surface area is 188 Å². The van der Waals surface area contributed by atoms with Crippen LogP contribution in [-0.2, 0) is 4.79 Å². The van der Waals surface area contributed by atoms with Crippen molar-refractivity contribution in [2.24, 2.45) is 0 Å². The largest absolute Gasteiger partial charge is 0.353 e. The molecule has 1 aromatic carbocycles. The lowest BCUT2D eigenvalue weighted by molar-refractivity contribution is -0.131. The number of aromatic nitrogens is 2. The fourth-order valence-corrected chi connectivity index (χ4v) is 3.59. The fourth-order valence-electron chi connectivity index (χ4n) is 3.59. The van der Waals surface area contributed by atoms with Crippen molar-refractivity contribution in [1.82, 2.24) is 25.3 Å². The van der Waals surface area contributed by atoms with Gasteiger partial charge in [-0.2, -0.15) is 0 Å². The first-order valence-corrected chi connectivity index (χ1v) is 11.0. The van der Waals surface area contributed by atoms with E-state index in [9.17, 15) is 14.0 Å². The molecule has 3 amide bonds. The molecule has 1 aromatic heterocycles. The molecule has 2 aromatic rings. The lowest BCUT2D eigenvalue weighted by Crippen LogP contribution is -2.48. The van der Waals surface area contributed by atoms with Gasteiger partial charge in [-0.05, 0) is 63.6 Å². The van der Waals surface area contributed by atoms with Crippen LogP contribution in [0.3, 0.4) is 0 Å². The van der Waals surface area contributed by atoms with E-state index in [4.69, 9.17) is 0 Å². The molecule has 0 atom stereocenters. The molecule has 1 aliphatic heterocycles. The van der Waals surface area contributed by atoms with E-state index in [-0.39, 0.29) is 30.3 Å². The predicted molar refractivity (Wildman–Crippen MR) is 122 cm³/mol. The van der Waals surface area contributed by atoms with Gasteiger partial charge in [0.25, 0.3) is 0 Å². The number of hydrogen-bond donors (Lipinski definition) is 1. The van der Waals surface area contributed by atoms with Crippen LogP contribution in [-0.4, -0.2) is 77.2 Å². The third kappa shape index (κ3) is 6.15. The topological polar surface area (TPSA) is 81.7 Å². The van der Waals surface area contributed by atoms with Crippen molar-refractivity contribution >= 4 is 17.8 Å². The first-order chi connectivity index (χ1) is 15.4. The molecule has 2 heterocycles. The smallest absolute Gasteiger partial charge is 0.318 e. The van der Waals surface area contributed by atoms with Crippen LogP contribution < -0.4 is 10.2 Å². The summed E-state index contributed by atoms with van der Waals surface area (Å²) in [6.07, 6.45) is 0.803. The second kappa shape index (κ2) is 10.9. The zero-order valence-electron chi connectivity index (χ0n) is 18.9. The van der Waals surface area contributed by atoms with Crippen molar-refractivity contribution in [3.8, 4) is 11.3 Å². The van der Waals surface area contributed by atoms with Gasteiger partial charge in [-0.25, -0.2) is 9.18 Å². The van der Waals surface area contributed by atoms with E-state index in [2.05, 4.69) is 20.4 Å². The van der Waals surface area contributed by atoms with Crippen molar-refractivity contribution in [1.29, 1.82) is 0 Å². The highest BCUT2D eigenvalue weighted by molar-refractivity contribution is 5.84. The number of carbonyl (C=O) groups excluding carboxylic acids is 2. The molecule has 8 nitrogen and oxygen atoms in total. The average Bonchev–Trinajstić information content (AvgIpc) is 3.04. The number of amides is 3. The molecule has 0 bridgehead atoms. The minimum atomic E-state index is -0.287. The summed E-state index contributed by atoms with van der Waals surface area (Å²) in [6, 6.07) is 9.73. The van der Waals surface area contributed by atoms with Crippen molar-refractivity contribution in [2.45, 2.75) is 33.2 Å². The van der Waals surface area contributed by atoms with Gasteiger partial charge >= 0.3 is 6.03 Å². The molecule has 1 fully saturated rings. The highest BCUT2D eigenvalue weighted by atomic mass is 19.1. The Hall–Kier alpha value is -3.23. The molecule has 32 heavy (non-hydrogen) atoms. The minimum absolute atomic E-state index is 0.0222. The molecule has 0 unspecified atom stereocenters. The molecule has 0 spiro atoms. The summed E-state index contributed by atoms with van der Waals surface area (Å²) in [5.41, 5.74) is 1.49. The summed E-state index contributed by atoms with van der Waals surface area (Å²) in [6.45, 7) is 8.80. The quantitative estimate of drug-likeness (QED) is 0.744. The Kier molecular flexibility index (Phi) is 7.97. The van der Waals surface area contributed by atoms with Gasteiger partial charge in [-0.3, -0.25) is 4.79 Å². The fraction of sp³-hybridized carbons (Fsp3) is 0.478. The molecule has 1 saturated heterocycles. The summed E-state index contributed by atoms with van der Waals surface area (Å²) < 4.78 is 13.1. The van der Waals surface area contributed by atoms with Crippen molar-refractivity contribution in [3.05, 3.63) is 42.2 Å². The number of benzene rings is 1. The molecule has 0 radical (unpaired) electrons. The van der Waals surface area contributed by atoms with Crippen molar-refractivity contribution in [2.75, 3.05) is 44.2 Å². The van der Waals surface area contributed by atoms with Gasteiger partial charge < -0.3 is 20.0 Å². The lowest BCUT2D eigenvalue weighted by atomic mass is 10.1. The normalized spacial score (nSPS) is 14.3. The summed E-state index contributed by atoms with van der Waals surface area (Å²) in [7, 11) is 0. The van der Waals surface area contributed by atoms with Gasteiger partial charge in [0.1, 0.15) is 12.4 Å². The first-order valence-electron chi connectivity index (χ1n) is 11.0. The predicted octanol–water partition coefficient (Wildman–Crippen LogP) is 2.76. The molecule has 0 aliphatic carbocycles. The van der Waals surface area contributed by atoms with Crippen LogP contribution in [0.2, 0.25) is 0 Å². The van der Waals surface area contributed by atoms with E-state index in [1.165, 1.54) is 17.0 Å². The monoisotopic (exact) mass is 442 g/mol. The highest BCUT2D eigenvalue weighted by Gasteiger charge is 2.23. The molecule has 1 N–H and O–H groups in total. The number of carbonyl (C=O) groups is 2. The number of hydrogen-bond acceptors (Lipinski definition) is 5. The second-order valence-corrected chi connectivity index (χ2v) is 8.12. The summed E-state index contributed by atoms with van der Waals surface area (Å²) in [5, 5.41) is 11.5. The zero-order chi connectivity index (χ0) is 23.1. The van der Waals surface area contributed by atoms with E-state index >= 15 is 0 Å². The third-order valence-electron chi connectivity index (χ3n) is 5.37. The van der Waals surface area contributed by atoms with Gasteiger partial charge in [-0.1, -0.05) is 0 Å². The second-order valence-electron chi connectivity index (χ2n) is 8.12. The van der Waals surface area contributed by atoms with E-state index in [0.29, 0.717) is 31.9 Å². The van der Waals surface area contributed by atoms with E-state index in [1.54, 1.807) is 12.1 Å². The van der Waals surface area contributed by atoms with E-state index < -0.39 is 0 Å². The maximum absolute atomic E-state index is 13.1. The minimum Gasteiger partial charge on any atom is -0.353 e. The lowest BCUT2D eigenvalue weighted by Gasteiger charge is -2.27. The molecule has 1 aliphatic rings. The number of likely N-dealkylation sites (N-methyl/N-ethyl adjacent to an activating group) is 1. The molecule has 0 saturated carbocycles. The maximum Gasteiger partial charge on any atom is 0.318 e. The van der Waals surface area contributed by atoms with Gasteiger partial charge in [0.2, 0.25) is 5.91 Å². The zero-order valence-corrected chi connectivity index (χ0v) is 18.9. The van der Waals surface area contributed by atoms with Gasteiger partial charge in [0.15, 0.2) is 5.82 Å². The van der Waals surface area contributed by atoms with Crippen LogP contribution in [0.1, 0.15) is 27.2 Å². The van der Waals surface area contributed by atoms with Crippen molar-refractivity contribution < 1.29 is 14.0 Å². The van der Waals surface area contributed by atoms with Crippen LogP contribution in [0.4, 0.5) is 15.0 Å². The number of nitrogens with one attached hydrogen (secondary N) is 1. The third-order valence-corrected chi connectivity index (χ3v) is 5.37. The Morgan fingerprint density at radius 3 is 2.44 bits per heavy atom. The number of halogens is 1. The van der Waals surface area contributed by atoms with Crippen LogP contribution >= 0.6 is 0 Å². The first kappa shape index (κ1) is 23.4. The van der Waals surface area contributed by atoms with Gasteiger partial charge in [-0.15, -0.1) is 10.2 Å². The molecular formula is C23H31FN6O2. The van der Waals surface area contributed by atoms with Crippen LogP contribution in [0.25, 0.3) is 11.3 Å². The summed E-state index contributed by atoms with van der Waals surface area (Å²) >= 11 is 0. The molecule has 172 valence electrons. The standard InChI is InChI=1S/C23H31FN6O2/c1-4-28(23(32)25-17(2)3)16-22(31)30-13-5-12-29(14-15-30)21-11-10-20(26-27-21)18-6-8-19(24)9-7-18/h6-11,17H,4-5,12-16H2,1-3H3,(H,25,32). The molecular weight excluding hydrogens is 411 g/mol. The average molecular weight is 443 g/mol. The Morgan fingerprint density at radius 1 is 1.06 bits per heavy atom. The van der Waals surface area contributed by atoms with Crippen LogP contribution in [0, 0.1) is 5.82 Å². The number of urea groups is 1. The summed E-state index contributed by atoms with van der Waals surface area (Å²) in [5.74, 6) is 0.409. The Bertz CT molecular complexity index is 904. The van der Waals surface area contributed by atoms with Crippen LogP contribution in [0.5, 0.6) is 0 Å². The highest BCUT2D eigenvalue weighted by Crippen LogP contribution is 2.20. The van der Waals surface area contributed by atoms with Crippen molar-refractivity contribution in [3.63, 3.8) is 0 Å². The van der Waals surface area contributed by atoms with Crippen LogP contribution in [0.15, 0.2) is 36.4 Å². The van der Waals surface area contributed by atoms with Gasteiger partial charge in [0.05, 0.1) is 5.69 Å². The summed E-state index contributed by atoms with van der Waals surface area (Å²) in [4.78, 5) is 30.5. The maximum atomic E-state index is 13.1.